The second-order valence-corrected chi connectivity index (χ2v) is 3.58. The van der Waals surface area contributed by atoms with Gasteiger partial charge in [-0.25, -0.2) is 15.8 Å². The topological polar surface area (TPSA) is 88.3 Å². The van der Waals surface area contributed by atoms with Gasteiger partial charge in [0.1, 0.15) is 5.82 Å². The summed E-state index contributed by atoms with van der Waals surface area (Å²) < 4.78 is 5.27. The molecule has 0 radical (unpaired) electrons. The smallest absolute Gasteiger partial charge is 0.239 e. The van der Waals surface area contributed by atoms with E-state index in [1.165, 1.54) is 0 Å². The first-order chi connectivity index (χ1) is 7.79. The quantitative estimate of drug-likeness (QED) is 0.481. The maximum absolute atomic E-state index is 5.27. The van der Waals surface area contributed by atoms with E-state index in [1.54, 1.807) is 6.20 Å². The molecule has 7 nitrogen and oxygen atoms in total. The van der Waals surface area contributed by atoms with Gasteiger partial charge in [-0.1, -0.05) is 0 Å². The lowest BCUT2D eigenvalue weighted by atomic mass is 10.3. The molecule has 4 N–H and O–H groups in total. The molecule has 88 valence electrons. The third-order valence-electron chi connectivity index (χ3n) is 2.38. The van der Waals surface area contributed by atoms with Crippen LogP contribution in [0.4, 0.5) is 11.8 Å². The third-order valence-corrected chi connectivity index (χ3v) is 2.38. The van der Waals surface area contributed by atoms with Crippen LogP contribution in [0.15, 0.2) is 6.20 Å². The number of hydrogen-bond acceptors (Lipinski definition) is 7. The van der Waals surface area contributed by atoms with E-state index in [-0.39, 0.29) is 0 Å². The molecule has 2 rings (SSSR count). The predicted octanol–water partition coefficient (Wildman–Crippen LogP) is -0.270. The van der Waals surface area contributed by atoms with Crippen LogP contribution < -0.4 is 16.7 Å². The molecule has 1 fully saturated rings. The molecular formula is C9H16N6O. The molecule has 0 aromatic carbocycles. The van der Waals surface area contributed by atoms with E-state index in [0.29, 0.717) is 5.95 Å². The van der Waals surface area contributed by atoms with E-state index >= 15 is 0 Å². The number of nitrogen functional groups attached to an aromatic ring is 1. The standard InChI is InChI=1S/C9H16N6O/c1-7-6-11-9(13-10)12-8(7)14-15-2-4-16-5-3-15/h6H,2-5,10H2,1H3,(H2,11,12,13,14). The fraction of sp³-hybridized carbons (Fsp3) is 0.556. The molecule has 16 heavy (non-hydrogen) atoms. The summed E-state index contributed by atoms with van der Waals surface area (Å²) in [6, 6.07) is 0. The second-order valence-electron chi connectivity index (χ2n) is 3.58. The van der Waals surface area contributed by atoms with Gasteiger partial charge in [-0.15, -0.1) is 0 Å². The minimum atomic E-state index is 0.404. The number of nitrogens with zero attached hydrogens (tertiary/aromatic N) is 3. The van der Waals surface area contributed by atoms with Crippen LogP contribution in [0.3, 0.4) is 0 Å². The molecule has 2 heterocycles. The summed E-state index contributed by atoms with van der Waals surface area (Å²) in [4.78, 5) is 8.26. The van der Waals surface area contributed by atoms with Crippen molar-refractivity contribution in [2.75, 3.05) is 37.2 Å². The SMILES string of the molecule is Cc1cnc(NN)nc1NN1CCOCC1. The van der Waals surface area contributed by atoms with E-state index in [4.69, 9.17) is 10.6 Å². The number of hydrogen-bond donors (Lipinski definition) is 3. The molecular weight excluding hydrogens is 208 g/mol. The van der Waals surface area contributed by atoms with Crippen molar-refractivity contribution >= 4 is 11.8 Å². The van der Waals surface area contributed by atoms with Gasteiger partial charge in [-0.05, 0) is 6.92 Å². The average Bonchev–Trinajstić information content (AvgIpc) is 2.33. The monoisotopic (exact) mass is 224 g/mol. The van der Waals surface area contributed by atoms with Crippen molar-refractivity contribution in [3.8, 4) is 0 Å². The number of rotatable bonds is 3. The molecule has 1 aromatic rings. The van der Waals surface area contributed by atoms with Gasteiger partial charge in [0.25, 0.3) is 0 Å². The maximum atomic E-state index is 5.27. The molecule has 7 heteroatoms. The number of ether oxygens (including phenoxy) is 1. The van der Waals surface area contributed by atoms with Crippen LogP contribution in [0.1, 0.15) is 5.56 Å². The summed E-state index contributed by atoms with van der Waals surface area (Å²) in [5, 5.41) is 2.07. The number of aromatic nitrogens is 2. The molecule has 1 saturated heterocycles. The molecule has 0 aliphatic carbocycles. The molecule has 0 atom stereocenters. The van der Waals surface area contributed by atoms with Crippen LogP contribution in [-0.2, 0) is 4.74 Å². The summed E-state index contributed by atoms with van der Waals surface area (Å²) in [5.74, 6) is 6.44. The number of nitrogens with two attached hydrogens (primary N) is 1. The van der Waals surface area contributed by atoms with Crippen molar-refractivity contribution in [3.05, 3.63) is 11.8 Å². The minimum absolute atomic E-state index is 0.404. The Balaban J connectivity index is 2.06. The first-order valence-corrected chi connectivity index (χ1v) is 5.19. The zero-order valence-electron chi connectivity index (χ0n) is 9.23. The van der Waals surface area contributed by atoms with Crippen LogP contribution in [0.2, 0.25) is 0 Å². The Morgan fingerprint density at radius 1 is 1.44 bits per heavy atom. The highest BCUT2D eigenvalue weighted by atomic mass is 16.5. The third kappa shape index (κ3) is 2.57. The lowest BCUT2D eigenvalue weighted by Gasteiger charge is -2.27. The van der Waals surface area contributed by atoms with Crippen molar-refractivity contribution in [1.29, 1.82) is 0 Å². The van der Waals surface area contributed by atoms with Gasteiger partial charge in [-0.2, -0.15) is 4.98 Å². The van der Waals surface area contributed by atoms with Crippen molar-refractivity contribution in [2.24, 2.45) is 5.84 Å². The number of morpholine rings is 1. The normalized spacial score (nSPS) is 17.1. The summed E-state index contributed by atoms with van der Waals surface area (Å²) in [5.41, 5.74) is 6.63. The Morgan fingerprint density at radius 3 is 2.88 bits per heavy atom. The van der Waals surface area contributed by atoms with E-state index in [0.717, 1.165) is 37.7 Å². The summed E-state index contributed by atoms with van der Waals surface area (Å²) in [7, 11) is 0. The summed E-state index contributed by atoms with van der Waals surface area (Å²) >= 11 is 0. The molecule has 0 saturated carbocycles. The molecule has 1 aromatic heterocycles. The lowest BCUT2D eigenvalue weighted by molar-refractivity contribution is 0.0494. The highest BCUT2D eigenvalue weighted by Gasteiger charge is 2.12. The highest BCUT2D eigenvalue weighted by molar-refractivity contribution is 5.45. The number of nitrogens with one attached hydrogen (secondary N) is 2. The summed E-state index contributed by atoms with van der Waals surface area (Å²) in [6.07, 6.45) is 1.73. The van der Waals surface area contributed by atoms with Gasteiger partial charge in [0.2, 0.25) is 5.95 Å². The second kappa shape index (κ2) is 5.06. The Morgan fingerprint density at radius 2 is 2.19 bits per heavy atom. The van der Waals surface area contributed by atoms with Gasteiger partial charge in [-0.3, -0.25) is 5.43 Å². The van der Waals surface area contributed by atoms with Crippen LogP contribution >= 0.6 is 0 Å². The molecule has 0 spiro atoms. The highest BCUT2D eigenvalue weighted by Crippen LogP contribution is 2.13. The van der Waals surface area contributed by atoms with Crippen molar-refractivity contribution < 1.29 is 4.74 Å². The first kappa shape index (κ1) is 11.1. The largest absolute Gasteiger partial charge is 0.379 e. The van der Waals surface area contributed by atoms with Crippen LogP contribution in [0, 0.1) is 6.92 Å². The van der Waals surface area contributed by atoms with Gasteiger partial charge < -0.3 is 10.2 Å². The van der Waals surface area contributed by atoms with Crippen molar-refractivity contribution in [2.45, 2.75) is 6.92 Å². The predicted molar refractivity (Wildman–Crippen MR) is 60.6 cm³/mol. The van der Waals surface area contributed by atoms with Crippen molar-refractivity contribution in [3.63, 3.8) is 0 Å². The number of hydrazine groups is 2. The van der Waals surface area contributed by atoms with E-state index in [2.05, 4.69) is 25.8 Å². The van der Waals surface area contributed by atoms with E-state index < -0.39 is 0 Å². The molecule has 1 aliphatic rings. The molecule has 0 amide bonds. The Labute approximate surface area is 93.9 Å². The Hall–Kier alpha value is -1.44. The van der Waals surface area contributed by atoms with Gasteiger partial charge >= 0.3 is 0 Å². The lowest BCUT2D eigenvalue weighted by Crippen LogP contribution is -2.40. The molecule has 0 unspecified atom stereocenters. The average molecular weight is 224 g/mol. The zero-order valence-corrected chi connectivity index (χ0v) is 9.23. The van der Waals surface area contributed by atoms with Crippen LogP contribution in [0.5, 0.6) is 0 Å². The van der Waals surface area contributed by atoms with Gasteiger partial charge in [0.15, 0.2) is 0 Å². The summed E-state index contributed by atoms with van der Waals surface area (Å²) in [6.45, 7) is 5.10. The minimum Gasteiger partial charge on any atom is -0.379 e. The first-order valence-electron chi connectivity index (χ1n) is 5.19. The van der Waals surface area contributed by atoms with Crippen LogP contribution in [0.25, 0.3) is 0 Å². The Bertz CT molecular complexity index is 352. The Kier molecular flexibility index (Phi) is 3.50. The molecule has 0 bridgehead atoms. The van der Waals surface area contributed by atoms with E-state index in [1.807, 2.05) is 6.92 Å². The fourth-order valence-corrected chi connectivity index (χ4v) is 1.45. The number of aryl methyl sites for hydroxylation is 1. The zero-order chi connectivity index (χ0) is 11.4. The maximum Gasteiger partial charge on any atom is 0.239 e. The fourth-order valence-electron chi connectivity index (χ4n) is 1.45. The van der Waals surface area contributed by atoms with Crippen molar-refractivity contribution in [1.82, 2.24) is 15.0 Å². The van der Waals surface area contributed by atoms with Crippen LogP contribution in [-0.4, -0.2) is 41.3 Å². The number of anilines is 2. The van der Waals surface area contributed by atoms with E-state index in [9.17, 15) is 0 Å². The van der Waals surface area contributed by atoms with Gasteiger partial charge in [0.05, 0.1) is 13.2 Å². The molecule has 1 aliphatic heterocycles. The van der Waals surface area contributed by atoms with Gasteiger partial charge in [0, 0.05) is 24.8 Å².